The van der Waals surface area contributed by atoms with Crippen LogP contribution < -0.4 is 4.74 Å². The van der Waals surface area contributed by atoms with Gasteiger partial charge >= 0.3 is 6.61 Å². The van der Waals surface area contributed by atoms with Crippen molar-refractivity contribution in [1.29, 1.82) is 5.26 Å². The van der Waals surface area contributed by atoms with E-state index in [1.165, 1.54) is 18.2 Å². The second-order valence-corrected chi connectivity index (χ2v) is 9.74. The van der Waals surface area contributed by atoms with Gasteiger partial charge in [-0.05, 0) is 43.4 Å². The fourth-order valence-electron chi connectivity index (χ4n) is 1.43. The molecule has 3 nitrogen and oxygen atoms in total. The zero-order valence-electron chi connectivity index (χ0n) is 10.8. The molecule has 0 radical (unpaired) electrons. The highest BCUT2D eigenvalue weighted by atomic mass is 35.5. The van der Waals surface area contributed by atoms with Crippen LogP contribution in [0.5, 0.6) is 5.75 Å². The number of hydrogen-bond acceptors (Lipinski definition) is 3. The molecule has 0 aromatic heterocycles. The summed E-state index contributed by atoms with van der Waals surface area (Å²) in [7, 11) is -1.95. The molecule has 1 rings (SSSR count). The van der Waals surface area contributed by atoms with Gasteiger partial charge in [0, 0.05) is 5.02 Å². The SMILES string of the molecule is C[Si](C)(C)OC(C#N)c1cc(Cl)cc(OC(F)F)c1. The molecule has 0 N–H and O–H groups in total. The normalized spacial score (nSPS) is 13.2. The second-order valence-electron chi connectivity index (χ2n) is 4.84. The Bertz CT molecular complexity index is 486. The van der Waals surface area contributed by atoms with Crippen LogP contribution in [0.4, 0.5) is 8.78 Å². The van der Waals surface area contributed by atoms with Gasteiger partial charge in [-0.1, -0.05) is 11.6 Å². The summed E-state index contributed by atoms with van der Waals surface area (Å²) in [6.07, 6.45) is -0.842. The molecule has 0 aliphatic rings. The van der Waals surface area contributed by atoms with Gasteiger partial charge in [-0.15, -0.1) is 0 Å². The van der Waals surface area contributed by atoms with E-state index in [2.05, 4.69) is 4.74 Å². The number of benzene rings is 1. The third-order valence-electron chi connectivity index (χ3n) is 2.01. The summed E-state index contributed by atoms with van der Waals surface area (Å²) in [5.41, 5.74) is 0.410. The number of hydrogen-bond donors (Lipinski definition) is 0. The Morgan fingerprint density at radius 2 is 1.89 bits per heavy atom. The van der Waals surface area contributed by atoms with Crippen molar-refractivity contribution in [2.45, 2.75) is 32.4 Å². The Kier molecular flexibility index (Phi) is 5.29. The fraction of sp³-hybridized carbons (Fsp3) is 0.417. The van der Waals surface area contributed by atoms with Crippen LogP contribution in [-0.2, 0) is 4.43 Å². The summed E-state index contributed by atoms with van der Waals surface area (Å²) in [6.45, 7) is 2.85. The minimum absolute atomic E-state index is 0.0862. The van der Waals surface area contributed by atoms with Crippen molar-refractivity contribution in [3.8, 4) is 11.8 Å². The lowest BCUT2D eigenvalue weighted by atomic mass is 10.1. The number of ether oxygens (including phenoxy) is 1. The van der Waals surface area contributed by atoms with E-state index in [4.69, 9.17) is 21.3 Å². The van der Waals surface area contributed by atoms with Gasteiger partial charge in [0.15, 0.2) is 14.4 Å². The van der Waals surface area contributed by atoms with Gasteiger partial charge in [-0.3, -0.25) is 0 Å². The zero-order valence-corrected chi connectivity index (χ0v) is 12.5. The average molecular weight is 306 g/mol. The molecular weight excluding hydrogens is 292 g/mol. The Labute approximate surface area is 116 Å². The fourth-order valence-corrected chi connectivity index (χ4v) is 2.56. The molecule has 0 fully saturated rings. The number of nitrogens with zero attached hydrogens (tertiary/aromatic N) is 1. The van der Waals surface area contributed by atoms with Crippen LogP contribution in [0, 0.1) is 11.3 Å². The number of halogens is 3. The molecular formula is C12H14ClF2NO2Si. The Morgan fingerprint density at radius 1 is 1.26 bits per heavy atom. The van der Waals surface area contributed by atoms with Gasteiger partial charge < -0.3 is 9.16 Å². The molecule has 1 aromatic carbocycles. The lowest BCUT2D eigenvalue weighted by Crippen LogP contribution is -2.27. The Morgan fingerprint density at radius 3 is 2.37 bits per heavy atom. The highest BCUT2D eigenvalue weighted by Crippen LogP contribution is 2.29. The number of rotatable bonds is 5. The van der Waals surface area contributed by atoms with Crippen molar-refractivity contribution in [2.75, 3.05) is 0 Å². The van der Waals surface area contributed by atoms with Crippen LogP contribution in [-0.4, -0.2) is 14.9 Å². The highest BCUT2D eigenvalue weighted by Gasteiger charge is 2.23. The highest BCUT2D eigenvalue weighted by molar-refractivity contribution is 6.69. The zero-order chi connectivity index (χ0) is 14.6. The van der Waals surface area contributed by atoms with E-state index in [0.29, 0.717) is 5.56 Å². The molecule has 0 spiro atoms. The molecule has 7 heteroatoms. The predicted molar refractivity (Wildman–Crippen MR) is 70.9 cm³/mol. The standard InChI is InChI=1S/C12H14ClF2NO2Si/c1-19(2,3)18-11(7-16)8-4-9(13)6-10(5-8)17-12(14)15/h4-6,11-12H,1-3H3. The summed E-state index contributed by atoms with van der Waals surface area (Å²) in [5, 5.41) is 9.34. The first-order valence-corrected chi connectivity index (χ1v) is 9.32. The average Bonchev–Trinajstić information content (AvgIpc) is 2.22. The molecule has 1 atom stereocenters. The van der Waals surface area contributed by atoms with Crippen LogP contribution >= 0.6 is 11.6 Å². The van der Waals surface area contributed by atoms with E-state index in [0.717, 1.165) is 0 Å². The number of alkyl halides is 2. The van der Waals surface area contributed by atoms with E-state index in [9.17, 15) is 8.78 Å². The summed E-state index contributed by atoms with van der Waals surface area (Å²) < 4.78 is 34.3. The van der Waals surface area contributed by atoms with Gasteiger partial charge in [0.25, 0.3) is 0 Å². The molecule has 0 amide bonds. The molecule has 0 aliphatic carbocycles. The smallest absolute Gasteiger partial charge is 0.387 e. The quantitative estimate of drug-likeness (QED) is 0.759. The Hall–Kier alpha value is -1.16. The van der Waals surface area contributed by atoms with Crippen molar-refractivity contribution in [3.05, 3.63) is 28.8 Å². The lowest BCUT2D eigenvalue weighted by Gasteiger charge is -2.22. The minimum atomic E-state index is -2.94. The molecule has 1 unspecified atom stereocenters. The molecule has 0 saturated carbocycles. The summed E-state index contributed by atoms with van der Waals surface area (Å²) in [4.78, 5) is 0. The molecule has 0 heterocycles. The third-order valence-corrected chi connectivity index (χ3v) is 3.17. The van der Waals surface area contributed by atoms with Crippen molar-refractivity contribution in [2.24, 2.45) is 0 Å². The monoisotopic (exact) mass is 305 g/mol. The first kappa shape index (κ1) is 15.9. The Balaban J connectivity index is 3.04. The largest absolute Gasteiger partial charge is 0.435 e. The van der Waals surface area contributed by atoms with E-state index < -0.39 is 21.0 Å². The molecule has 0 saturated heterocycles. The minimum Gasteiger partial charge on any atom is -0.435 e. The van der Waals surface area contributed by atoms with Crippen molar-refractivity contribution in [1.82, 2.24) is 0 Å². The second kappa shape index (κ2) is 6.33. The lowest BCUT2D eigenvalue weighted by molar-refractivity contribution is -0.0499. The van der Waals surface area contributed by atoms with Crippen molar-refractivity contribution < 1.29 is 17.9 Å². The van der Waals surface area contributed by atoms with Crippen molar-refractivity contribution in [3.63, 3.8) is 0 Å². The van der Waals surface area contributed by atoms with Crippen LogP contribution in [0.1, 0.15) is 11.7 Å². The van der Waals surface area contributed by atoms with E-state index >= 15 is 0 Å². The summed E-state index contributed by atoms with van der Waals surface area (Å²) in [6, 6.07) is 6.10. The van der Waals surface area contributed by atoms with Gasteiger partial charge in [0.2, 0.25) is 0 Å². The van der Waals surface area contributed by atoms with Crippen LogP contribution in [0.3, 0.4) is 0 Å². The first-order chi connectivity index (χ1) is 8.71. The van der Waals surface area contributed by atoms with E-state index in [-0.39, 0.29) is 10.8 Å². The van der Waals surface area contributed by atoms with Crippen molar-refractivity contribution >= 4 is 19.9 Å². The molecule has 0 bridgehead atoms. The summed E-state index contributed by atoms with van der Waals surface area (Å²) >= 11 is 5.83. The van der Waals surface area contributed by atoms with Crippen LogP contribution in [0.25, 0.3) is 0 Å². The van der Waals surface area contributed by atoms with Crippen LogP contribution in [0.2, 0.25) is 24.7 Å². The maximum atomic E-state index is 12.2. The number of nitriles is 1. The molecule has 0 aliphatic heterocycles. The predicted octanol–water partition coefficient (Wildman–Crippen LogP) is 4.36. The third kappa shape index (κ3) is 5.55. The molecule has 104 valence electrons. The van der Waals surface area contributed by atoms with Crippen LogP contribution in [0.15, 0.2) is 18.2 Å². The van der Waals surface area contributed by atoms with Gasteiger partial charge in [-0.2, -0.15) is 14.0 Å². The maximum absolute atomic E-state index is 12.2. The van der Waals surface area contributed by atoms with Gasteiger partial charge in [0.05, 0.1) is 6.07 Å². The van der Waals surface area contributed by atoms with E-state index in [1.807, 2.05) is 25.7 Å². The van der Waals surface area contributed by atoms with Gasteiger partial charge in [0.1, 0.15) is 5.75 Å². The maximum Gasteiger partial charge on any atom is 0.387 e. The van der Waals surface area contributed by atoms with E-state index in [1.54, 1.807) is 0 Å². The molecule has 1 aromatic rings. The topological polar surface area (TPSA) is 42.2 Å². The first-order valence-electron chi connectivity index (χ1n) is 5.54. The van der Waals surface area contributed by atoms with Gasteiger partial charge in [-0.25, -0.2) is 0 Å². The molecule has 19 heavy (non-hydrogen) atoms. The summed E-state index contributed by atoms with van der Waals surface area (Å²) in [5.74, 6) is -0.0862.